The number of anilines is 1. The fraction of sp³-hybridized carbons (Fsp3) is 0.0833. The van der Waals surface area contributed by atoms with E-state index in [1.807, 2.05) is 0 Å². The van der Waals surface area contributed by atoms with Crippen molar-refractivity contribution < 1.29 is 14.3 Å². The summed E-state index contributed by atoms with van der Waals surface area (Å²) < 4.78 is 5.14. The van der Waals surface area contributed by atoms with Gasteiger partial charge in [-0.25, -0.2) is 4.98 Å². The number of nitrogens with two attached hydrogens (primary N) is 1. The predicted molar refractivity (Wildman–Crippen MR) is 71.2 cm³/mol. The lowest BCUT2D eigenvalue weighted by Crippen LogP contribution is -2.20. The second-order valence-corrected chi connectivity index (χ2v) is 4.33. The molecule has 1 aromatic carbocycles. The number of hydrogen-bond donors (Lipinski definition) is 2. The summed E-state index contributed by atoms with van der Waals surface area (Å²) in [6.45, 7) is -0.205. The zero-order valence-electron chi connectivity index (χ0n) is 9.83. The Balaban J connectivity index is 2.02. The van der Waals surface area contributed by atoms with Gasteiger partial charge in [0, 0.05) is 17.1 Å². The average molecular weight is 277 g/mol. The number of benzene rings is 1. The Kier molecular flexibility index (Phi) is 4.09. The van der Waals surface area contributed by atoms with E-state index in [1.165, 1.54) is 11.3 Å². The van der Waals surface area contributed by atoms with Crippen molar-refractivity contribution in [1.82, 2.24) is 4.98 Å². The fourth-order valence-corrected chi connectivity index (χ4v) is 1.87. The number of rotatable bonds is 5. The van der Waals surface area contributed by atoms with Crippen LogP contribution in [0, 0.1) is 0 Å². The lowest BCUT2D eigenvalue weighted by molar-refractivity contribution is -0.119. The molecule has 2 aromatic rings. The van der Waals surface area contributed by atoms with Gasteiger partial charge in [-0.2, -0.15) is 0 Å². The first kappa shape index (κ1) is 13.0. The summed E-state index contributed by atoms with van der Waals surface area (Å²) in [4.78, 5) is 26.3. The quantitative estimate of drug-likeness (QED) is 0.860. The summed E-state index contributed by atoms with van der Waals surface area (Å²) in [5.41, 5.74) is 7.48. The molecule has 0 aliphatic heterocycles. The highest BCUT2D eigenvalue weighted by molar-refractivity contribution is 7.07. The van der Waals surface area contributed by atoms with E-state index in [0.717, 1.165) is 0 Å². The SMILES string of the molecule is NC(=O)COc1cccc(NC(=O)c2cscn2)c1. The highest BCUT2D eigenvalue weighted by atomic mass is 32.1. The van der Waals surface area contributed by atoms with Crippen LogP contribution in [0.5, 0.6) is 5.75 Å². The van der Waals surface area contributed by atoms with Crippen LogP contribution in [0.4, 0.5) is 5.69 Å². The van der Waals surface area contributed by atoms with Crippen LogP contribution in [-0.4, -0.2) is 23.4 Å². The maximum absolute atomic E-state index is 11.8. The van der Waals surface area contributed by atoms with Gasteiger partial charge in [-0.05, 0) is 12.1 Å². The van der Waals surface area contributed by atoms with E-state index in [0.29, 0.717) is 17.1 Å². The number of amides is 2. The molecular formula is C12H11N3O3S. The van der Waals surface area contributed by atoms with Crippen LogP contribution in [-0.2, 0) is 4.79 Å². The molecular weight excluding hydrogens is 266 g/mol. The van der Waals surface area contributed by atoms with Gasteiger partial charge in [-0.3, -0.25) is 9.59 Å². The Morgan fingerprint density at radius 3 is 2.95 bits per heavy atom. The normalized spacial score (nSPS) is 9.89. The minimum atomic E-state index is -0.558. The number of nitrogens with zero attached hydrogens (tertiary/aromatic N) is 1. The molecule has 1 aromatic heterocycles. The third-order valence-corrected chi connectivity index (χ3v) is 2.72. The molecule has 98 valence electrons. The Labute approximate surface area is 113 Å². The van der Waals surface area contributed by atoms with Crippen molar-refractivity contribution in [1.29, 1.82) is 0 Å². The van der Waals surface area contributed by atoms with E-state index >= 15 is 0 Å². The monoisotopic (exact) mass is 277 g/mol. The molecule has 0 saturated heterocycles. The van der Waals surface area contributed by atoms with E-state index < -0.39 is 5.91 Å². The predicted octanol–water partition coefficient (Wildman–Crippen LogP) is 1.26. The molecule has 0 spiro atoms. The van der Waals surface area contributed by atoms with E-state index in [-0.39, 0.29) is 12.5 Å². The van der Waals surface area contributed by atoms with Gasteiger partial charge in [0.2, 0.25) is 0 Å². The first-order valence-corrected chi connectivity index (χ1v) is 6.30. The van der Waals surface area contributed by atoms with Gasteiger partial charge in [0.05, 0.1) is 5.51 Å². The first-order valence-electron chi connectivity index (χ1n) is 5.36. The molecule has 3 N–H and O–H groups in total. The first-order chi connectivity index (χ1) is 9.15. The smallest absolute Gasteiger partial charge is 0.275 e. The van der Waals surface area contributed by atoms with Crippen LogP contribution in [0.2, 0.25) is 0 Å². The van der Waals surface area contributed by atoms with Crippen molar-refractivity contribution in [3.05, 3.63) is 40.8 Å². The van der Waals surface area contributed by atoms with E-state index in [4.69, 9.17) is 10.5 Å². The lowest BCUT2D eigenvalue weighted by Gasteiger charge is -2.07. The Bertz CT molecular complexity index is 584. The Morgan fingerprint density at radius 2 is 2.26 bits per heavy atom. The number of ether oxygens (including phenoxy) is 1. The van der Waals surface area contributed by atoms with E-state index in [2.05, 4.69) is 10.3 Å². The third-order valence-electron chi connectivity index (χ3n) is 2.14. The van der Waals surface area contributed by atoms with Crippen LogP contribution in [0.25, 0.3) is 0 Å². The molecule has 2 amide bonds. The molecule has 1 heterocycles. The number of nitrogens with one attached hydrogen (secondary N) is 1. The number of carbonyl (C=O) groups is 2. The molecule has 0 fully saturated rings. The number of hydrogen-bond acceptors (Lipinski definition) is 5. The highest BCUT2D eigenvalue weighted by Gasteiger charge is 2.08. The maximum Gasteiger partial charge on any atom is 0.275 e. The van der Waals surface area contributed by atoms with Crippen LogP contribution < -0.4 is 15.8 Å². The second-order valence-electron chi connectivity index (χ2n) is 3.61. The lowest BCUT2D eigenvalue weighted by atomic mass is 10.3. The van der Waals surface area contributed by atoms with Crippen LogP contribution in [0.3, 0.4) is 0 Å². The van der Waals surface area contributed by atoms with Crippen molar-refractivity contribution >= 4 is 28.8 Å². The highest BCUT2D eigenvalue weighted by Crippen LogP contribution is 2.18. The molecule has 0 atom stereocenters. The minimum absolute atomic E-state index is 0.205. The summed E-state index contributed by atoms with van der Waals surface area (Å²) in [5, 5.41) is 4.34. The summed E-state index contributed by atoms with van der Waals surface area (Å²) in [6.07, 6.45) is 0. The summed E-state index contributed by atoms with van der Waals surface area (Å²) in [6, 6.07) is 6.68. The standard InChI is InChI=1S/C12H11N3O3S/c13-11(16)5-18-9-3-1-2-8(4-9)15-12(17)10-6-19-7-14-10/h1-4,6-7H,5H2,(H2,13,16)(H,15,17). The minimum Gasteiger partial charge on any atom is -0.484 e. The van der Waals surface area contributed by atoms with Gasteiger partial charge in [0.1, 0.15) is 11.4 Å². The van der Waals surface area contributed by atoms with Gasteiger partial charge in [0.15, 0.2) is 6.61 Å². The number of primary amides is 1. The molecule has 0 aliphatic rings. The molecule has 6 nitrogen and oxygen atoms in total. The maximum atomic E-state index is 11.8. The van der Waals surface area contributed by atoms with Gasteiger partial charge in [-0.15, -0.1) is 11.3 Å². The fourth-order valence-electron chi connectivity index (χ4n) is 1.34. The van der Waals surface area contributed by atoms with Gasteiger partial charge < -0.3 is 15.8 Å². The molecule has 0 unspecified atom stereocenters. The molecule has 0 radical (unpaired) electrons. The van der Waals surface area contributed by atoms with Gasteiger partial charge >= 0.3 is 0 Å². The van der Waals surface area contributed by atoms with Crippen molar-refractivity contribution in [3.8, 4) is 5.75 Å². The van der Waals surface area contributed by atoms with Crippen molar-refractivity contribution in [2.45, 2.75) is 0 Å². The van der Waals surface area contributed by atoms with Crippen LogP contribution >= 0.6 is 11.3 Å². The number of thiazole rings is 1. The van der Waals surface area contributed by atoms with Gasteiger partial charge in [0.25, 0.3) is 11.8 Å². The van der Waals surface area contributed by atoms with Crippen molar-refractivity contribution in [2.24, 2.45) is 5.73 Å². The van der Waals surface area contributed by atoms with Crippen LogP contribution in [0.1, 0.15) is 10.5 Å². The molecule has 0 saturated carbocycles. The molecule has 0 aliphatic carbocycles. The molecule has 2 rings (SSSR count). The van der Waals surface area contributed by atoms with E-state index in [1.54, 1.807) is 35.2 Å². The number of aromatic nitrogens is 1. The molecule has 0 bridgehead atoms. The Morgan fingerprint density at radius 1 is 1.42 bits per heavy atom. The zero-order valence-corrected chi connectivity index (χ0v) is 10.6. The van der Waals surface area contributed by atoms with Crippen molar-refractivity contribution in [2.75, 3.05) is 11.9 Å². The largest absolute Gasteiger partial charge is 0.484 e. The average Bonchev–Trinajstić information content (AvgIpc) is 2.91. The summed E-state index contributed by atoms with van der Waals surface area (Å²) in [5.74, 6) is -0.403. The van der Waals surface area contributed by atoms with Crippen molar-refractivity contribution in [3.63, 3.8) is 0 Å². The van der Waals surface area contributed by atoms with Crippen LogP contribution in [0.15, 0.2) is 35.2 Å². The van der Waals surface area contributed by atoms with E-state index in [9.17, 15) is 9.59 Å². The summed E-state index contributed by atoms with van der Waals surface area (Å²) >= 11 is 1.34. The second kappa shape index (κ2) is 5.96. The van der Waals surface area contributed by atoms with Gasteiger partial charge in [-0.1, -0.05) is 6.07 Å². The third kappa shape index (κ3) is 3.78. The zero-order chi connectivity index (χ0) is 13.7. The molecule has 7 heteroatoms. The summed E-state index contributed by atoms with van der Waals surface area (Å²) in [7, 11) is 0. The molecule has 19 heavy (non-hydrogen) atoms. The number of carbonyl (C=O) groups excluding carboxylic acids is 2. The topological polar surface area (TPSA) is 94.3 Å². The Hall–Kier alpha value is -2.41.